The Morgan fingerprint density at radius 2 is 1.93 bits per heavy atom. The SMILES string of the molecule is COC(C)(C)CCCCCNC1CC1. The molecule has 0 aromatic rings. The molecule has 2 nitrogen and oxygen atoms in total. The quantitative estimate of drug-likeness (QED) is 0.607. The van der Waals surface area contributed by atoms with Gasteiger partial charge in [0, 0.05) is 13.2 Å². The van der Waals surface area contributed by atoms with E-state index in [1.54, 1.807) is 7.11 Å². The maximum atomic E-state index is 5.38. The Bertz CT molecular complexity index is 152. The Balaban J connectivity index is 1.83. The van der Waals surface area contributed by atoms with Gasteiger partial charge in [-0.1, -0.05) is 12.8 Å². The van der Waals surface area contributed by atoms with Gasteiger partial charge < -0.3 is 10.1 Å². The molecule has 0 aromatic carbocycles. The van der Waals surface area contributed by atoms with Crippen LogP contribution in [0.5, 0.6) is 0 Å². The molecule has 1 aliphatic rings. The van der Waals surface area contributed by atoms with Gasteiger partial charge in [0.1, 0.15) is 0 Å². The van der Waals surface area contributed by atoms with E-state index in [0.717, 1.165) is 6.04 Å². The highest BCUT2D eigenvalue weighted by Gasteiger charge is 2.19. The first-order valence-electron chi connectivity index (χ1n) is 5.92. The van der Waals surface area contributed by atoms with Gasteiger partial charge in [-0.3, -0.25) is 0 Å². The van der Waals surface area contributed by atoms with Crippen LogP contribution in [0.15, 0.2) is 0 Å². The van der Waals surface area contributed by atoms with Gasteiger partial charge in [-0.2, -0.15) is 0 Å². The average Bonchev–Trinajstić information content (AvgIpc) is 2.95. The van der Waals surface area contributed by atoms with Gasteiger partial charge in [0.2, 0.25) is 0 Å². The van der Waals surface area contributed by atoms with Gasteiger partial charge in [0.25, 0.3) is 0 Å². The molecule has 84 valence electrons. The molecule has 1 saturated carbocycles. The van der Waals surface area contributed by atoms with Crippen LogP contribution in [0.1, 0.15) is 52.4 Å². The summed E-state index contributed by atoms with van der Waals surface area (Å²) in [5.74, 6) is 0. The van der Waals surface area contributed by atoms with E-state index >= 15 is 0 Å². The van der Waals surface area contributed by atoms with Crippen molar-refractivity contribution in [3.8, 4) is 0 Å². The van der Waals surface area contributed by atoms with Crippen molar-refractivity contribution in [3.05, 3.63) is 0 Å². The number of hydrogen-bond donors (Lipinski definition) is 1. The fraction of sp³-hybridized carbons (Fsp3) is 1.00. The molecule has 1 N–H and O–H groups in total. The molecule has 0 aliphatic heterocycles. The molecule has 0 bridgehead atoms. The monoisotopic (exact) mass is 199 g/mol. The summed E-state index contributed by atoms with van der Waals surface area (Å²) in [5, 5.41) is 3.54. The average molecular weight is 199 g/mol. The predicted octanol–water partition coefficient (Wildman–Crippen LogP) is 2.72. The number of hydrogen-bond acceptors (Lipinski definition) is 2. The van der Waals surface area contributed by atoms with Gasteiger partial charge in [-0.25, -0.2) is 0 Å². The predicted molar refractivity (Wildman–Crippen MR) is 60.6 cm³/mol. The number of nitrogens with one attached hydrogen (secondary N) is 1. The Morgan fingerprint density at radius 1 is 1.21 bits per heavy atom. The van der Waals surface area contributed by atoms with E-state index in [9.17, 15) is 0 Å². The summed E-state index contributed by atoms with van der Waals surface area (Å²) >= 11 is 0. The lowest BCUT2D eigenvalue weighted by molar-refractivity contribution is 0.0134. The zero-order valence-corrected chi connectivity index (χ0v) is 9.94. The van der Waals surface area contributed by atoms with Crippen molar-refractivity contribution in [2.24, 2.45) is 0 Å². The zero-order chi connectivity index (χ0) is 10.4. The Morgan fingerprint density at radius 3 is 2.50 bits per heavy atom. The first-order valence-corrected chi connectivity index (χ1v) is 5.92. The van der Waals surface area contributed by atoms with Crippen LogP contribution >= 0.6 is 0 Å². The van der Waals surface area contributed by atoms with Crippen LogP contribution < -0.4 is 5.32 Å². The minimum atomic E-state index is 0.0733. The van der Waals surface area contributed by atoms with E-state index in [4.69, 9.17) is 4.74 Å². The second-order valence-electron chi connectivity index (χ2n) is 5.00. The smallest absolute Gasteiger partial charge is 0.0622 e. The molecule has 0 atom stereocenters. The molecule has 0 heterocycles. The summed E-state index contributed by atoms with van der Waals surface area (Å²) in [6.07, 6.45) is 7.90. The van der Waals surface area contributed by atoms with E-state index in [1.165, 1.54) is 45.1 Å². The summed E-state index contributed by atoms with van der Waals surface area (Å²) in [6.45, 7) is 5.53. The van der Waals surface area contributed by atoms with Crippen molar-refractivity contribution < 1.29 is 4.74 Å². The Hall–Kier alpha value is -0.0800. The van der Waals surface area contributed by atoms with Gasteiger partial charge in [-0.05, 0) is 46.1 Å². The Labute approximate surface area is 88.4 Å². The second kappa shape index (κ2) is 5.72. The van der Waals surface area contributed by atoms with E-state index in [-0.39, 0.29) is 5.60 Å². The molecule has 1 aliphatic carbocycles. The van der Waals surface area contributed by atoms with Crippen LogP contribution in [-0.2, 0) is 4.74 Å². The number of rotatable bonds is 8. The molecule has 14 heavy (non-hydrogen) atoms. The first kappa shape index (κ1) is 12.0. The molecule has 0 radical (unpaired) electrons. The van der Waals surface area contributed by atoms with Crippen LogP contribution in [0.2, 0.25) is 0 Å². The van der Waals surface area contributed by atoms with Gasteiger partial charge in [0.05, 0.1) is 5.60 Å². The van der Waals surface area contributed by atoms with Crippen LogP contribution in [0.4, 0.5) is 0 Å². The minimum Gasteiger partial charge on any atom is -0.379 e. The van der Waals surface area contributed by atoms with E-state index < -0.39 is 0 Å². The molecule has 0 amide bonds. The zero-order valence-electron chi connectivity index (χ0n) is 9.94. The van der Waals surface area contributed by atoms with Crippen molar-refractivity contribution in [1.29, 1.82) is 0 Å². The highest BCUT2D eigenvalue weighted by molar-refractivity contribution is 4.80. The van der Waals surface area contributed by atoms with E-state index in [2.05, 4.69) is 19.2 Å². The highest BCUT2D eigenvalue weighted by atomic mass is 16.5. The van der Waals surface area contributed by atoms with Crippen LogP contribution in [-0.4, -0.2) is 25.3 Å². The van der Waals surface area contributed by atoms with Gasteiger partial charge >= 0.3 is 0 Å². The lowest BCUT2D eigenvalue weighted by atomic mass is 10.0. The minimum absolute atomic E-state index is 0.0733. The summed E-state index contributed by atoms with van der Waals surface area (Å²) in [4.78, 5) is 0. The summed E-state index contributed by atoms with van der Waals surface area (Å²) < 4.78 is 5.38. The molecule has 0 saturated heterocycles. The Kier molecular flexibility index (Phi) is 4.90. The van der Waals surface area contributed by atoms with Crippen molar-refractivity contribution in [2.45, 2.75) is 64.0 Å². The van der Waals surface area contributed by atoms with Crippen LogP contribution in [0.25, 0.3) is 0 Å². The molecule has 0 unspecified atom stereocenters. The lowest BCUT2D eigenvalue weighted by Crippen LogP contribution is -2.22. The standard InChI is InChI=1S/C12H25NO/c1-12(2,14-3)9-5-4-6-10-13-11-7-8-11/h11,13H,4-10H2,1-3H3. The number of unbranched alkanes of at least 4 members (excludes halogenated alkanes) is 2. The number of methoxy groups -OCH3 is 1. The van der Waals surface area contributed by atoms with Crippen molar-refractivity contribution >= 4 is 0 Å². The normalized spacial score (nSPS) is 17.4. The largest absolute Gasteiger partial charge is 0.379 e. The van der Waals surface area contributed by atoms with Gasteiger partial charge in [0.15, 0.2) is 0 Å². The molecular weight excluding hydrogens is 174 g/mol. The second-order valence-corrected chi connectivity index (χ2v) is 5.00. The third-order valence-corrected chi connectivity index (χ3v) is 3.02. The molecule has 0 spiro atoms. The highest BCUT2D eigenvalue weighted by Crippen LogP contribution is 2.19. The number of ether oxygens (including phenoxy) is 1. The van der Waals surface area contributed by atoms with Crippen LogP contribution in [0.3, 0.4) is 0 Å². The van der Waals surface area contributed by atoms with Gasteiger partial charge in [-0.15, -0.1) is 0 Å². The fourth-order valence-electron chi connectivity index (χ4n) is 1.55. The third kappa shape index (κ3) is 5.61. The molecule has 2 heteroatoms. The van der Waals surface area contributed by atoms with Crippen molar-refractivity contribution in [3.63, 3.8) is 0 Å². The van der Waals surface area contributed by atoms with E-state index in [1.807, 2.05) is 0 Å². The summed E-state index contributed by atoms with van der Waals surface area (Å²) in [5.41, 5.74) is 0.0733. The lowest BCUT2D eigenvalue weighted by Gasteiger charge is -2.22. The van der Waals surface area contributed by atoms with E-state index in [0.29, 0.717) is 0 Å². The molecule has 1 fully saturated rings. The molecular formula is C12H25NO. The summed E-state index contributed by atoms with van der Waals surface area (Å²) in [7, 11) is 1.80. The molecule has 1 rings (SSSR count). The summed E-state index contributed by atoms with van der Waals surface area (Å²) in [6, 6.07) is 0.866. The molecule has 0 aromatic heterocycles. The van der Waals surface area contributed by atoms with Crippen molar-refractivity contribution in [2.75, 3.05) is 13.7 Å². The maximum Gasteiger partial charge on any atom is 0.0622 e. The third-order valence-electron chi connectivity index (χ3n) is 3.02. The van der Waals surface area contributed by atoms with Crippen molar-refractivity contribution in [1.82, 2.24) is 5.32 Å². The maximum absolute atomic E-state index is 5.38. The first-order chi connectivity index (χ1) is 6.64. The van der Waals surface area contributed by atoms with Crippen LogP contribution in [0, 0.1) is 0 Å². The topological polar surface area (TPSA) is 21.3 Å². The fourth-order valence-corrected chi connectivity index (χ4v) is 1.55.